The van der Waals surface area contributed by atoms with Gasteiger partial charge in [0.2, 0.25) is 0 Å². The van der Waals surface area contributed by atoms with Crippen LogP contribution >= 0.6 is 0 Å². The molecule has 0 bridgehead atoms. The van der Waals surface area contributed by atoms with E-state index in [9.17, 15) is 5.11 Å². The highest BCUT2D eigenvalue weighted by Gasteiger charge is 2.10. The molecule has 3 aromatic carbocycles. The third-order valence-corrected chi connectivity index (χ3v) is 3.67. The van der Waals surface area contributed by atoms with Crippen molar-refractivity contribution >= 4 is 21.8 Å². The Morgan fingerprint density at radius 2 is 1.25 bits per heavy atom. The number of aromatic hydroxyl groups is 1. The minimum absolute atomic E-state index is 0.282. The summed E-state index contributed by atoms with van der Waals surface area (Å²) in [4.78, 5) is 0. The van der Waals surface area contributed by atoms with Crippen LogP contribution in [0.25, 0.3) is 27.5 Å². The molecule has 4 aromatic rings. The van der Waals surface area contributed by atoms with Crippen LogP contribution in [0.4, 0.5) is 0 Å². The Morgan fingerprint density at radius 3 is 1.85 bits per heavy atom. The van der Waals surface area contributed by atoms with Crippen molar-refractivity contribution in [1.29, 1.82) is 0 Å². The van der Waals surface area contributed by atoms with Gasteiger partial charge in [0.25, 0.3) is 0 Å². The van der Waals surface area contributed by atoms with E-state index in [1.54, 1.807) is 12.1 Å². The molecule has 0 spiro atoms. The standard InChI is InChI=1S/C18H13NO/c20-14-7-5-6-13(12-14)19-17-10-3-1-8-15(17)16-9-2-4-11-18(16)19/h1-12,20H. The van der Waals surface area contributed by atoms with Crippen LogP contribution in [0.15, 0.2) is 72.8 Å². The quantitative estimate of drug-likeness (QED) is 0.535. The average Bonchev–Trinajstić information content (AvgIpc) is 2.82. The van der Waals surface area contributed by atoms with Gasteiger partial charge in [-0.05, 0) is 24.3 Å². The van der Waals surface area contributed by atoms with Crippen molar-refractivity contribution in [1.82, 2.24) is 4.57 Å². The Morgan fingerprint density at radius 1 is 0.650 bits per heavy atom. The summed E-state index contributed by atoms with van der Waals surface area (Å²) in [5.74, 6) is 0.282. The number of aromatic nitrogens is 1. The Kier molecular flexibility index (Phi) is 2.30. The van der Waals surface area contributed by atoms with E-state index in [0.29, 0.717) is 0 Å². The number of phenols is 1. The van der Waals surface area contributed by atoms with Crippen molar-refractivity contribution in [2.45, 2.75) is 0 Å². The highest BCUT2D eigenvalue weighted by Crippen LogP contribution is 2.32. The van der Waals surface area contributed by atoms with E-state index >= 15 is 0 Å². The first-order chi connectivity index (χ1) is 9.84. The molecule has 0 fully saturated rings. The van der Waals surface area contributed by atoms with E-state index in [1.807, 2.05) is 24.3 Å². The maximum atomic E-state index is 9.74. The van der Waals surface area contributed by atoms with Crippen LogP contribution in [0.3, 0.4) is 0 Å². The molecule has 2 nitrogen and oxygen atoms in total. The molecular weight excluding hydrogens is 246 g/mol. The average molecular weight is 259 g/mol. The largest absolute Gasteiger partial charge is 0.508 e. The fourth-order valence-corrected chi connectivity index (χ4v) is 2.83. The van der Waals surface area contributed by atoms with Gasteiger partial charge in [-0.25, -0.2) is 0 Å². The van der Waals surface area contributed by atoms with Crippen LogP contribution in [-0.2, 0) is 0 Å². The maximum absolute atomic E-state index is 9.74. The highest BCUT2D eigenvalue weighted by atomic mass is 16.3. The van der Waals surface area contributed by atoms with Gasteiger partial charge < -0.3 is 9.67 Å². The van der Waals surface area contributed by atoms with Gasteiger partial charge in [-0.1, -0.05) is 42.5 Å². The lowest BCUT2D eigenvalue weighted by molar-refractivity contribution is 0.475. The zero-order valence-electron chi connectivity index (χ0n) is 10.8. The van der Waals surface area contributed by atoms with Crippen molar-refractivity contribution < 1.29 is 5.11 Å². The van der Waals surface area contributed by atoms with Crippen LogP contribution in [0, 0.1) is 0 Å². The lowest BCUT2D eigenvalue weighted by Crippen LogP contribution is -1.92. The molecule has 0 amide bonds. The summed E-state index contributed by atoms with van der Waals surface area (Å²) in [6.45, 7) is 0. The van der Waals surface area contributed by atoms with Gasteiger partial charge in [-0.15, -0.1) is 0 Å². The second kappa shape index (κ2) is 4.14. The summed E-state index contributed by atoms with van der Waals surface area (Å²) in [6, 6.07) is 24.1. The molecule has 0 saturated carbocycles. The molecule has 20 heavy (non-hydrogen) atoms. The van der Waals surface area contributed by atoms with E-state index in [4.69, 9.17) is 0 Å². The second-order valence-corrected chi connectivity index (χ2v) is 4.89. The first-order valence-corrected chi connectivity index (χ1v) is 6.62. The molecule has 1 heterocycles. The predicted octanol–water partition coefficient (Wildman–Crippen LogP) is 4.49. The Balaban J connectivity index is 2.21. The minimum atomic E-state index is 0.282. The van der Waals surface area contributed by atoms with E-state index < -0.39 is 0 Å². The molecule has 2 heteroatoms. The van der Waals surface area contributed by atoms with Crippen LogP contribution < -0.4 is 0 Å². The summed E-state index contributed by atoms with van der Waals surface area (Å²) in [7, 11) is 0. The van der Waals surface area contributed by atoms with E-state index in [1.165, 1.54) is 10.8 Å². The molecule has 0 unspecified atom stereocenters. The van der Waals surface area contributed by atoms with Gasteiger partial charge in [0, 0.05) is 22.5 Å². The van der Waals surface area contributed by atoms with E-state index in [0.717, 1.165) is 16.7 Å². The fourth-order valence-electron chi connectivity index (χ4n) is 2.83. The van der Waals surface area contributed by atoms with Crippen LogP contribution in [0.5, 0.6) is 5.75 Å². The normalized spacial score (nSPS) is 11.2. The topological polar surface area (TPSA) is 25.2 Å². The fraction of sp³-hybridized carbons (Fsp3) is 0. The smallest absolute Gasteiger partial charge is 0.117 e. The number of hydrogen-bond donors (Lipinski definition) is 1. The summed E-state index contributed by atoms with van der Waals surface area (Å²) in [5.41, 5.74) is 3.28. The van der Waals surface area contributed by atoms with Crippen LogP contribution in [0.2, 0.25) is 0 Å². The molecule has 1 N–H and O–H groups in total. The Bertz CT molecular complexity index is 868. The second-order valence-electron chi connectivity index (χ2n) is 4.89. The summed E-state index contributed by atoms with van der Waals surface area (Å²) in [5, 5.41) is 12.2. The number of nitrogens with zero attached hydrogens (tertiary/aromatic N) is 1. The molecule has 0 radical (unpaired) electrons. The van der Waals surface area contributed by atoms with Crippen molar-refractivity contribution in [2.24, 2.45) is 0 Å². The van der Waals surface area contributed by atoms with Gasteiger partial charge in [-0.2, -0.15) is 0 Å². The summed E-state index contributed by atoms with van der Waals surface area (Å²) < 4.78 is 2.18. The number of phenolic OH excluding ortho intramolecular Hbond substituents is 1. The zero-order valence-corrected chi connectivity index (χ0v) is 10.8. The maximum Gasteiger partial charge on any atom is 0.117 e. The third-order valence-electron chi connectivity index (χ3n) is 3.67. The van der Waals surface area contributed by atoms with Crippen molar-refractivity contribution in [3.63, 3.8) is 0 Å². The number of hydrogen-bond acceptors (Lipinski definition) is 1. The number of rotatable bonds is 1. The van der Waals surface area contributed by atoms with Crippen molar-refractivity contribution in [2.75, 3.05) is 0 Å². The minimum Gasteiger partial charge on any atom is -0.508 e. The number of benzene rings is 3. The van der Waals surface area contributed by atoms with Gasteiger partial charge >= 0.3 is 0 Å². The molecular formula is C18H13NO. The summed E-state index contributed by atoms with van der Waals surface area (Å²) >= 11 is 0. The van der Waals surface area contributed by atoms with Crippen molar-refractivity contribution in [3.05, 3.63) is 72.8 Å². The molecule has 1 aromatic heterocycles. The monoisotopic (exact) mass is 259 g/mol. The van der Waals surface area contributed by atoms with Gasteiger partial charge in [-0.3, -0.25) is 0 Å². The molecule has 0 atom stereocenters. The van der Waals surface area contributed by atoms with Crippen molar-refractivity contribution in [3.8, 4) is 11.4 Å². The lowest BCUT2D eigenvalue weighted by Gasteiger charge is -2.07. The lowest BCUT2D eigenvalue weighted by atomic mass is 10.2. The number of para-hydroxylation sites is 2. The zero-order chi connectivity index (χ0) is 13.5. The molecule has 0 aliphatic carbocycles. The highest BCUT2D eigenvalue weighted by molar-refractivity contribution is 6.09. The third kappa shape index (κ3) is 1.51. The summed E-state index contributed by atoms with van der Waals surface area (Å²) in [6.07, 6.45) is 0. The molecule has 4 rings (SSSR count). The van der Waals surface area contributed by atoms with E-state index in [-0.39, 0.29) is 5.75 Å². The Labute approximate surface area is 116 Å². The van der Waals surface area contributed by atoms with E-state index in [2.05, 4.69) is 41.0 Å². The first kappa shape index (κ1) is 11.1. The van der Waals surface area contributed by atoms with Gasteiger partial charge in [0.15, 0.2) is 0 Å². The SMILES string of the molecule is Oc1cccc(-n2c3ccccc3c3ccccc32)c1. The Hall–Kier alpha value is -2.74. The first-order valence-electron chi connectivity index (χ1n) is 6.62. The van der Waals surface area contributed by atoms with Gasteiger partial charge in [0.05, 0.1) is 11.0 Å². The predicted molar refractivity (Wildman–Crippen MR) is 82.4 cm³/mol. The van der Waals surface area contributed by atoms with Crippen LogP contribution in [-0.4, -0.2) is 9.67 Å². The molecule has 0 saturated heterocycles. The van der Waals surface area contributed by atoms with Gasteiger partial charge in [0.1, 0.15) is 5.75 Å². The molecule has 0 aliphatic heterocycles. The number of fused-ring (bicyclic) bond motifs is 3. The molecule has 96 valence electrons. The van der Waals surface area contributed by atoms with Crippen LogP contribution in [0.1, 0.15) is 0 Å². The molecule has 0 aliphatic rings.